The van der Waals surface area contributed by atoms with Crippen LogP contribution in [-0.2, 0) is 0 Å². The predicted octanol–water partition coefficient (Wildman–Crippen LogP) is 3.68. The highest BCUT2D eigenvalue weighted by Gasteiger charge is 2.39. The van der Waals surface area contributed by atoms with Crippen LogP contribution >= 0.6 is 0 Å². The Hall–Kier alpha value is -0.0400. The van der Waals surface area contributed by atoms with Gasteiger partial charge in [0.25, 0.3) is 0 Å². The molecule has 2 bridgehead atoms. The summed E-state index contributed by atoms with van der Waals surface area (Å²) in [5.41, 5.74) is 0. The van der Waals surface area contributed by atoms with Crippen LogP contribution in [0.3, 0.4) is 0 Å². The lowest BCUT2D eigenvalue weighted by Crippen LogP contribution is -2.55. The molecule has 2 fully saturated rings. The molecule has 2 saturated heterocycles. The third-order valence-corrected chi connectivity index (χ3v) is 4.61. The number of fused-ring (bicyclic) bond motifs is 2. The first-order chi connectivity index (χ1) is 7.09. The molecule has 2 atom stereocenters. The fraction of sp³-hybridized carbons (Fsp3) is 1.00. The second-order valence-electron chi connectivity index (χ2n) is 6.26. The van der Waals surface area contributed by atoms with Crippen LogP contribution in [0.25, 0.3) is 0 Å². The third kappa shape index (κ3) is 2.22. The molecule has 0 saturated carbocycles. The van der Waals surface area contributed by atoms with Gasteiger partial charge in [-0.15, -0.1) is 0 Å². The van der Waals surface area contributed by atoms with Crippen molar-refractivity contribution in [2.24, 2.45) is 11.8 Å². The van der Waals surface area contributed by atoms with Gasteiger partial charge in [0.15, 0.2) is 0 Å². The summed E-state index contributed by atoms with van der Waals surface area (Å²) in [7, 11) is 0. The summed E-state index contributed by atoms with van der Waals surface area (Å²) >= 11 is 0. The lowest BCUT2D eigenvalue weighted by atomic mass is 9.73. The van der Waals surface area contributed by atoms with Crippen LogP contribution in [0.2, 0.25) is 0 Å². The topological polar surface area (TPSA) is 3.24 Å². The Bertz CT molecular complexity index is 195. The van der Waals surface area contributed by atoms with E-state index in [1.807, 2.05) is 0 Å². The minimum absolute atomic E-state index is 0.758. The smallest absolute Gasteiger partial charge is 0.0104 e. The molecule has 0 aromatic rings. The Labute approximate surface area is 95.2 Å². The quantitative estimate of drug-likeness (QED) is 0.670. The highest BCUT2D eigenvalue weighted by molar-refractivity contribution is 4.94. The average molecular weight is 209 g/mol. The van der Waals surface area contributed by atoms with Gasteiger partial charge in [0.05, 0.1) is 0 Å². The molecule has 2 unspecified atom stereocenters. The largest absolute Gasteiger partial charge is 0.295 e. The minimum atomic E-state index is 0.758. The third-order valence-electron chi connectivity index (χ3n) is 4.61. The maximum atomic E-state index is 2.82. The number of piperidine rings is 2. The standard InChI is InChI=1S/C14H27N/c1-10(2)12-8-13-6-5-7-14(9-12)15(13)11(3)4/h10-14H,5-9H2,1-4H3. The van der Waals surface area contributed by atoms with Gasteiger partial charge >= 0.3 is 0 Å². The van der Waals surface area contributed by atoms with Gasteiger partial charge in [-0.25, -0.2) is 0 Å². The summed E-state index contributed by atoms with van der Waals surface area (Å²) in [4.78, 5) is 2.82. The Balaban J connectivity index is 2.08. The fourth-order valence-electron chi connectivity index (χ4n) is 3.85. The lowest BCUT2D eigenvalue weighted by molar-refractivity contribution is -0.0195. The Morgan fingerprint density at radius 2 is 1.47 bits per heavy atom. The molecular weight excluding hydrogens is 182 g/mol. The molecule has 2 aliphatic heterocycles. The normalized spacial score (nSPS) is 37.6. The SMILES string of the molecule is CC(C)C1CC2CCCC(C1)N2C(C)C. The number of nitrogens with zero attached hydrogens (tertiary/aromatic N) is 1. The maximum Gasteiger partial charge on any atom is 0.0104 e. The van der Waals surface area contributed by atoms with Gasteiger partial charge in [-0.3, -0.25) is 4.90 Å². The summed E-state index contributed by atoms with van der Waals surface area (Å²) in [6, 6.07) is 2.57. The van der Waals surface area contributed by atoms with Gasteiger partial charge in [-0.1, -0.05) is 20.3 Å². The van der Waals surface area contributed by atoms with Crippen LogP contribution in [-0.4, -0.2) is 23.0 Å². The zero-order chi connectivity index (χ0) is 11.0. The zero-order valence-corrected chi connectivity index (χ0v) is 10.9. The molecule has 2 heterocycles. The monoisotopic (exact) mass is 209 g/mol. The molecule has 1 nitrogen and oxygen atoms in total. The van der Waals surface area contributed by atoms with E-state index >= 15 is 0 Å². The van der Waals surface area contributed by atoms with Crippen LogP contribution in [0.5, 0.6) is 0 Å². The van der Waals surface area contributed by atoms with Crippen molar-refractivity contribution in [1.82, 2.24) is 4.90 Å². The van der Waals surface area contributed by atoms with E-state index in [9.17, 15) is 0 Å². The summed E-state index contributed by atoms with van der Waals surface area (Å²) in [5, 5.41) is 0. The Morgan fingerprint density at radius 3 is 1.87 bits per heavy atom. The first kappa shape index (κ1) is 11.4. The van der Waals surface area contributed by atoms with Gasteiger partial charge in [0.2, 0.25) is 0 Å². The van der Waals surface area contributed by atoms with E-state index < -0.39 is 0 Å². The molecule has 88 valence electrons. The van der Waals surface area contributed by atoms with Crippen molar-refractivity contribution in [3.8, 4) is 0 Å². The first-order valence-corrected chi connectivity index (χ1v) is 6.87. The molecule has 15 heavy (non-hydrogen) atoms. The lowest BCUT2D eigenvalue weighted by Gasteiger charge is -2.52. The Kier molecular flexibility index (Phi) is 3.39. The summed E-state index contributed by atoms with van der Waals surface area (Å²) in [6.45, 7) is 9.57. The minimum Gasteiger partial charge on any atom is -0.295 e. The van der Waals surface area contributed by atoms with E-state index in [1.54, 1.807) is 0 Å². The van der Waals surface area contributed by atoms with Crippen molar-refractivity contribution in [1.29, 1.82) is 0 Å². The van der Waals surface area contributed by atoms with Crippen molar-refractivity contribution in [2.45, 2.75) is 77.9 Å². The van der Waals surface area contributed by atoms with Crippen molar-refractivity contribution < 1.29 is 0 Å². The molecule has 0 amide bonds. The molecule has 1 heteroatoms. The van der Waals surface area contributed by atoms with E-state index in [0.717, 1.165) is 30.0 Å². The van der Waals surface area contributed by atoms with E-state index in [4.69, 9.17) is 0 Å². The van der Waals surface area contributed by atoms with Crippen molar-refractivity contribution >= 4 is 0 Å². The molecular formula is C14H27N. The molecule has 0 aromatic heterocycles. The molecule has 2 rings (SSSR count). The van der Waals surface area contributed by atoms with Gasteiger partial charge in [-0.2, -0.15) is 0 Å². The number of hydrogen-bond donors (Lipinski definition) is 0. The van der Waals surface area contributed by atoms with Gasteiger partial charge in [0.1, 0.15) is 0 Å². The molecule has 0 spiro atoms. The summed E-state index contributed by atoms with van der Waals surface area (Å²) in [6.07, 6.45) is 7.32. The molecule has 2 aliphatic rings. The highest BCUT2D eigenvalue weighted by atomic mass is 15.2. The van der Waals surface area contributed by atoms with E-state index in [2.05, 4.69) is 32.6 Å². The van der Waals surface area contributed by atoms with Gasteiger partial charge in [-0.05, 0) is 51.4 Å². The van der Waals surface area contributed by atoms with Crippen LogP contribution in [0.15, 0.2) is 0 Å². The van der Waals surface area contributed by atoms with Gasteiger partial charge < -0.3 is 0 Å². The zero-order valence-electron chi connectivity index (χ0n) is 10.9. The van der Waals surface area contributed by atoms with Crippen molar-refractivity contribution in [3.63, 3.8) is 0 Å². The van der Waals surface area contributed by atoms with Gasteiger partial charge in [0, 0.05) is 18.1 Å². The van der Waals surface area contributed by atoms with Crippen molar-refractivity contribution in [2.75, 3.05) is 0 Å². The van der Waals surface area contributed by atoms with E-state index in [0.29, 0.717) is 0 Å². The van der Waals surface area contributed by atoms with Crippen LogP contribution in [0, 0.1) is 11.8 Å². The van der Waals surface area contributed by atoms with E-state index in [-0.39, 0.29) is 0 Å². The summed E-state index contributed by atoms with van der Waals surface area (Å²) in [5.74, 6) is 1.89. The molecule has 0 N–H and O–H groups in total. The van der Waals surface area contributed by atoms with Crippen molar-refractivity contribution in [3.05, 3.63) is 0 Å². The molecule has 0 radical (unpaired) electrons. The second kappa shape index (κ2) is 4.45. The van der Waals surface area contributed by atoms with E-state index in [1.165, 1.54) is 32.1 Å². The van der Waals surface area contributed by atoms with Crippen LogP contribution in [0.4, 0.5) is 0 Å². The average Bonchev–Trinajstić information content (AvgIpc) is 2.15. The summed E-state index contributed by atoms with van der Waals surface area (Å²) < 4.78 is 0. The second-order valence-corrected chi connectivity index (χ2v) is 6.26. The maximum absolute atomic E-state index is 2.82. The van der Waals surface area contributed by atoms with Crippen LogP contribution < -0.4 is 0 Å². The highest BCUT2D eigenvalue weighted by Crippen LogP contribution is 2.40. The Morgan fingerprint density at radius 1 is 0.933 bits per heavy atom. The molecule has 0 aliphatic carbocycles. The predicted molar refractivity (Wildman–Crippen MR) is 66.0 cm³/mol. The van der Waals surface area contributed by atoms with Crippen LogP contribution in [0.1, 0.15) is 59.8 Å². The fourth-order valence-corrected chi connectivity index (χ4v) is 3.85. The number of rotatable bonds is 2. The first-order valence-electron chi connectivity index (χ1n) is 6.87. The number of hydrogen-bond acceptors (Lipinski definition) is 1. The molecule has 0 aromatic carbocycles.